The van der Waals surface area contributed by atoms with Gasteiger partial charge < -0.3 is 21.1 Å². The van der Waals surface area contributed by atoms with Crippen LogP contribution in [-0.2, 0) is 14.4 Å². The van der Waals surface area contributed by atoms with Crippen molar-refractivity contribution in [3.8, 4) is 11.8 Å². The van der Waals surface area contributed by atoms with Crippen molar-refractivity contribution in [3.05, 3.63) is 35.9 Å². The molecule has 1 saturated heterocycles. The number of alkyl halides is 3. The molecule has 1 aliphatic heterocycles. The molecule has 0 radical (unpaired) electrons. The summed E-state index contributed by atoms with van der Waals surface area (Å²) in [7, 11) is 0. The van der Waals surface area contributed by atoms with E-state index in [-0.39, 0.29) is 17.9 Å². The van der Waals surface area contributed by atoms with Crippen molar-refractivity contribution in [2.24, 2.45) is 11.3 Å². The highest BCUT2D eigenvalue weighted by molar-refractivity contribution is 5.88. The summed E-state index contributed by atoms with van der Waals surface area (Å²) in [6.45, 7) is 5.43. The molecule has 7 nitrogen and oxygen atoms in total. The monoisotopic (exact) mass is 495 g/mol. The lowest BCUT2D eigenvalue weighted by molar-refractivity contribution is -0.157. The summed E-state index contributed by atoms with van der Waals surface area (Å²) in [5.41, 5.74) is -0.487. The van der Waals surface area contributed by atoms with Gasteiger partial charge in [-0.3, -0.25) is 14.4 Å². The van der Waals surface area contributed by atoms with Gasteiger partial charge in [0.2, 0.25) is 17.7 Å². The first-order chi connectivity index (χ1) is 16.3. The Kier molecular flexibility index (Phi) is 9.72. The van der Waals surface area contributed by atoms with E-state index in [1.165, 1.54) is 24.3 Å². The molecule has 1 aromatic carbocycles. The largest absolute Gasteiger partial charge is 0.396 e. The van der Waals surface area contributed by atoms with Gasteiger partial charge in [0.05, 0.1) is 12.5 Å². The number of carbonyl (C=O) groups is 3. The van der Waals surface area contributed by atoms with Crippen molar-refractivity contribution in [2.45, 2.75) is 64.2 Å². The third kappa shape index (κ3) is 9.25. The Morgan fingerprint density at radius 2 is 1.83 bits per heavy atom. The number of benzene rings is 1. The normalized spacial score (nSPS) is 18.5. The second-order valence-electron chi connectivity index (χ2n) is 9.76. The maximum absolute atomic E-state index is 13.7. The SMILES string of the molecule is CC(C)(C)C[C@H](NC(=O)CC(c1ccccc1)C(F)(F)F)C(=O)NC(C#C[C@@H]1CCNC1=O)CO. The van der Waals surface area contributed by atoms with Gasteiger partial charge in [-0.15, -0.1) is 0 Å². The molecule has 1 aliphatic rings. The van der Waals surface area contributed by atoms with E-state index in [9.17, 15) is 32.7 Å². The van der Waals surface area contributed by atoms with Crippen molar-refractivity contribution in [2.75, 3.05) is 13.2 Å². The number of hydrogen-bond donors (Lipinski definition) is 4. The number of nitrogens with one attached hydrogen (secondary N) is 3. The van der Waals surface area contributed by atoms with Crippen LogP contribution in [-0.4, -0.2) is 54.2 Å². The number of aliphatic hydroxyl groups excluding tert-OH is 1. The third-order valence-corrected chi connectivity index (χ3v) is 5.43. The van der Waals surface area contributed by atoms with Crippen molar-refractivity contribution in [1.29, 1.82) is 0 Å². The van der Waals surface area contributed by atoms with Crippen LogP contribution >= 0.6 is 0 Å². The summed E-state index contributed by atoms with van der Waals surface area (Å²) in [4.78, 5) is 37.2. The first kappa shape index (κ1) is 28.2. The minimum atomic E-state index is -4.65. The first-order valence-electron chi connectivity index (χ1n) is 11.4. The fourth-order valence-electron chi connectivity index (χ4n) is 3.70. The molecule has 0 aliphatic carbocycles. The van der Waals surface area contributed by atoms with Gasteiger partial charge in [-0.1, -0.05) is 62.9 Å². The highest BCUT2D eigenvalue weighted by Gasteiger charge is 2.42. The summed E-state index contributed by atoms with van der Waals surface area (Å²) in [5.74, 6) is 1.01. The molecule has 1 aromatic rings. The molecule has 0 aromatic heterocycles. The van der Waals surface area contributed by atoms with Crippen LogP contribution < -0.4 is 16.0 Å². The maximum Gasteiger partial charge on any atom is 0.396 e. The van der Waals surface area contributed by atoms with Crippen LogP contribution in [0.25, 0.3) is 0 Å². The molecular formula is C25H32F3N3O4. The average Bonchev–Trinajstić information content (AvgIpc) is 3.17. The fourth-order valence-corrected chi connectivity index (χ4v) is 3.70. The van der Waals surface area contributed by atoms with Crippen molar-refractivity contribution in [1.82, 2.24) is 16.0 Å². The lowest BCUT2D eigenvalue weighted by atomic mass is 9.87. The number of aliphatic hydroxyl groups is 1. The Balaban J connectivity index is 2.13. The molecule has 35 heavy (non-hydrogen) atoms. The Hall–Kier alpha value is -3.06. The summed E-state index contributed by atoms with van der Waals surface area (Å²) >= 11 is 0. The van der Waals surface area contributed by atoms with Crippen LogP contribution in [0.15, 0.2) is 30.3 Å². The van der Waals surface area contributed by atoms with E-state index < -0.39 is 60.4 Å². The smallest absolute Gasteiger partial charge is 0.393 e. The van der Waals surface area contributed by atoms with E-state index in [4.69, 9.17) is 0 Å². The average molecular weight is 496 g/mol. The van der Waals surface area contributed by atoms with Crippen LogP contribution in [0.3, 0.4) is 0 Å². The van der Waals surface area contributed by atoms with Gasteiger partial charge in [-0.2, -0.15) is 13.2 Å². The molecule has 10 heteroatoms. The summed E-state index contributed by atoms with van der Waals surface area (Å²) in [5, 5.41) is 17.2. The highest BCUT2D eigenvalue weighted by atomic mass is 19.4. The topological polar surface area (TPSA) is 108 Å². The van der Waals surface area contributed by atoms with E-state index in [1.54, 1.807) is 6.07 Å². The van der Waals surface area contributed by atoms with Gasteiger partial charge in [-0.25, -0.2) is 0 Å². The molecule has 4 N–H and O–H groups in total. The second-order valence-corrected chi connectivity index (χ2v) is 9.76. The number of amides is 3. The zero-order valence-electron chi connectivity index (χ0n) is 20.0. The van der Waals surface area contributed by atoms with E-state index in [0.29, 0.717) is 13.0 Å². The zero-order chi connectivity index (χ0) is 26.2. The van der Waals surface area contributed by atoms with Crippen LogP contribution in [0.4, 0.5) is 13.2 Å². The predicted octanol–water partition coefficient (Wildman–Crippen LogP) is 2.26. The summed E-state index contributed by atoms with van der Waals surface area (Å²) in [6.07, 6.45) is -4.86. The van der Waals surface area contributed by atoms with Crippen molar-refractivity contribution < 1.29 is 32.7 Å². The summed E-state index contributed by atoms with van der Waals surface area (Å²) in [6, 6.07) is 4.99. The highest BCUT2D eigenvalue weighted by Crippen LogP contribution is 2.37. The fraction of sp³-hybridized carbons (Fsp3) is 0.560. The van der Waals surface area contributed by atoms with Gasteiger partial charge in [0, 0.05) is 13.0 Å². The molecule has 2 rings (SSSR count). The van der Waals surface area contributed by atoms with Crippen LogP contribution in [0, 0.1) is 23.2 Å². The maximum atomic E-state index is 13.7. The number of rotatable bonds is 8. The minimum Gasteiger partial charge on any atom is -0.393 e. The molecule has 3 amide bonds. The van der Waals surface area contributed by atoms with Gasteiger partial charge in [-0.05, 0) is 23.8 Å². The van der Waals surface area contributed by atoms with Crippen LogP contribution in [0.1, 0.15) is 51.5 Å². The molecule has 4 atom stereocenters. The minimum absolute atomic E-state index is 0.0430. The molecule has 1 fully saturated rings. The molecule has 0 saturated carbocycles. The van der Waals surface area contributed by atoms with Gasteiger partial charge in [0.1, 0.15) is 18.0 Å². The number of halogens is 3. The molecular weight excluding hydrogens is 463 g/mol. The van der Waals surface area contributed by atoms with Gasteiger partial charge in [0.25, 0.3) is 0 Å². The van der Waals surface area contributed by atoms with E-state index in [1.807, 2.05) is 20.8 Å². The predicted molar refractivity (Wildman–Crippen MR) is 124 cm³/mol. The van der Waals surface area contributed by atoms with Crippen LogP contribution in [0.5, 0.6) is 0 Å². The Labute approximate surface area is 203 Å². The lowest BCUT2D eigenvalue weighted by Crippen LogP contribution is -2.51. The van der Waals surface area contributed by atoms with Gasteiger partial charge >= 0.3 is 6.18 Å². The molecule has 0 spiro atoms. The number of carbonyl (C=O) groups excluding carboxylic acids is 3. The zero-order valence-corrected chi connectivity index (χ0v) is 20.0. The van der Waals surface area contributed by atoms with Crippen molar-refractivity contribution >= 4 is 17.7 Å². The molecule has 2 unspecified atom stereocenters. The van der Waals surface area contributed by atoms with Gasteiger partial charge in [0.15, 0.2) is 0 Å². The summed E-state index contributed by atoms with van der Waals surface area (Å²) < 4.78 is 41.0. The molecule has 192 valence electrons. The standard InChI is InChI=1S/C25H32F3N3O4/c1-24(2,3)14-20(23(35)30-18(15-32)10-9-17-11-12-29-22(17)34)31-21(33)13-19(25(26,27)28)16-7-5-4-6-8-16/h4-8,17-20,32H,11-15H2,1-3H3,(H,29,34)(H,30,35)(H,31,33)/t17-,18?,19?,20+/m1/s1. The van der Waals surface area contributed by atoms with E-state index >= 15 is 0 Å². The lowest BCUT2D eigenvalue weighted by Gasteiger charge is -2.28. The Morgan fingerprint density at radius 1 is 1.17 bits per heavy atom. The number of hydrogen-bond acceptors (Lipinski definition) is 4. The second kappa shape index (κ2) is 12.1. The molecule has 1 heterocycles. The Bertz CT molecular complexity index is 949. The van der Waals surface area contributed by atoms with E-state index in [0.717, 1.165) is 0 Å². The van der Waals surface area contributed by atoms with E-state index in [2.05, 4.69) is 27.8 Å². The third-order valence-electron chi connectivity index (χ3n) is 5.43. The van der Waals surface area contributed by atoms with Crippen LogP contribution in [0.2, 0.25) is 0 Å². The first-order valence-corrected chi connectivity index (χ1v) is 11.4. The molecule has 0 bridgehead atoms. The quantitative estimate of drug-likeness (QED) is 0.415. The van der Waals surface area contributed by atoms with Crippen molar-refractivity contribution in [3.63, 3.8) is 0 Å². The Morgan fingerprint density at radius 3 is 2.34 bits per heavy atom.